The molecule has 1 aromatic rings. The van der Waals surface area contributed by atoms with E-state index in [1.807, 2.05) is 26.0 Å². The van der Waals surface area contributed by atoms with Crippen LogP contribution in [0.5, 0.6) is 0 Å². The second-order valence-electron chi connectivity index (χ2n) is 4.15. The van der Waals surface area contributed by atoms with E-state index in [4.69, 9.17) is 4.74 Å². The smallest absolute Gasteiger partial charge is 0.129 e. The highest BCUT2D eigenvalue weighted by molar-refractivity contribution is 5.35. The van der Waals surface area contributed by atoms with E-state index in [1.54, 1.807) is 0 Å². The van der Waals surface area contributed by atoms with Gasteiger partial charge in [0.1, 0.15) is 5.82 Å². The van der Waals surface area contributed by atoms with Crippen LogP contribution in [-0.4, -0.2) is 12.7 Å². The number of benzene rings is 1. The number of halogens is 1. The average molecular weight is 208 g/mol. The summed E-state index contributed by atoms with van der Waals surface area (Å²) >= 11 is 0. The van der Waals surface area contributed by atoms with Crippen LogP contribution in [0.2, 0.25) is 0 Å². The third-order valence-electron chi connectivity index (χ3n) is 3.10. The number of fused-ring (bicyclic) bond motifs is 1. The summed E-state index contributed by atoms with van der Waals surface area (Å²) < 4.78 is 19.3. The maximum Gasteiger partial charge on any atom is 0.129 e. The normalized spacial score (nSPS) is 20.1. The van der Waals surface area contributed by atoms with Gasteiger partial charge in [-0.3, -0.25) is 0 Å². The lowest BCUT2D eigenvalue weighted by Crippen LogP contribution is -2.23. The van der Waals surface area contributed by atoms with Crippen molar-refractivity contribution in [2.45, 2.75) is 39.2 Å². The quantitative estimate of drug-likeness (QED) is 0.726. The molecule has 1 aromatic carbocycles. The zero-order chi connectivity index (χ0) is 10.8. The Balaban J connectivity index is 2.24. The number of ether oxygens (including phenoxy) is 1. The fourth-order valence-corrected chi connectivity index (χ4v) is 2.27. The van der Waals surface area contributed by atoms with Crippen LogP contribution in [0.4, 0.5) is 4.39 Å². The highest BCUT2D eigenvalue weighted by Crippen LogP contribution is 2.27. The predicted octanol–water partition coefficient (Wildman–Crippen LogP) is 3.03. The van der Waals surface area contributed by atoms with E-state index in [-0.39, 0.29) is 11.9 Å². The Hall–Kier alpha value is -0.890. The van der Waals surface area contributed by atoms with Crippen LogP contribution in [0.25, 0.3) is 0 Å². The summed E-state index contributed by atoms with van der Waals surface area (Å²) in [6.07, 6.45) is 2.90. The molecule has 0 heterocycles. The Bertz CT molecular complexity index is 360. The van der Waals surface area contributed by atoms with Gasteiger partial charge in [0.25, 0.3) is 0 Å². The van der Waals surface area contributed by atoms with Crippen molar-refractivity contribution in [3.63, 3.8) is 0 Å². The summed E-state index contributed by atoms with van der Waals surface area (Å²) in [5, 5.41) is 0. The van der Waals surface area contributed by atoms with Crippen LogP contribution in [-0.2, 0) is 17.6 Å². The van der Waals surface area contributed by atoms with Crippen molar-refractivity contribution in [3.05, 3.63) is 34.6 Å². The van der Waals surface area contributed by atoms with Crippen LogP contribution in [0.3, 0.4) is 0 Å². The van der Waals surface area contributed by atoms with Gasteiger partial charge in [-0.25, -0.2) is 4.39 Å². The molecular formula is C13H17FO. The molecule has 0 spiro atoms. The lowest BCUT2D eigenvalue weighted by Gasteiger charge is -2.25. The van der Waals surface area contributed by atoms with E-state index in [9.17, 15) is 4.39 Å². The van der Waals surface area contributed by atoms with E-state index in [0.717, 1.165) is 42.6 Å². The molecule has 1 aliphatic carbocycles. The van der Waals surface area contributed by atoms with Gasteiger partial charge in [-0.15, -0.1) is 0 Å². The van der Waals surface area contributed by atoms with E-state index in [1.165, 1.54) is 0 Å². The third kappa shape index (κ3) is 2.05. The number of hydrogen-bond acceptors (Lipinski definition) is 1. The molecule has 1 aliphatic rings. The van der Waals surface area contributed by atoms with Gasteiger partial charge in [0.05, 0.1) is 6.10 Å². The van der Waals surface area contributed by atoms with E-state index in [0.29, 0.717) is 0 Å². The molecule has 0 radical (unpaired) electrons. The number of aryl methyl sites for hydroxylation is 1. The Labute approximate surface area is 90.3 Å². The van der Waals surface area contributed by atoms with Gasteiger partial charge in [-0.2, -0.15) is 0 Å². The molecule has 0 amide bonds. The van der Waals surface area contributed by atoms with Crippen molar-refractivity contribution in [2.75, 3.05) is 6.61 Å². The zero-order valence-electron chi connectivity index (χ0n) is 9.35. The topological polar surface area (TPSA) is 9.23 Å². The summed E-state index contributed by atoms with van der Waals surface area (Å²) in [6.45, 7) is 4.57. The lowest BCUT2D eigenvalue weighted by molar-refractivity contribution is 0.0531. The summed E-state index contributed by atoms with van der Waals surface area (Å²) in [5.74, 6) is -0.0116. The van der Waals surface area contributed by atoms with Crippen LogP contribution >= 0.6 is 0 Å². The van der Waals surface area contributed by atoms with Crippen LogP contribution in [0.1, 0.15) is 30.0 Å². The highest BCUT2D eigenvalue weighted by atomic mass is 19.1. The minimum atomic E-state index is -0.0116. The Kier molecular flexibility index (Phi) is 3.06. The van der Waals surface area contributed by atoms with Crippen LogP contribution in [0.15, 0.2) is 12.1 Å². The van der Waals surface area contributed by atoms with Crippen LogP contribution < -0.4 is 0 Å². The minimum Gasteiger partial charge on any atom is -0.378 e. The maximum atomic E-state index is 13.8. The molecule has 0 saturated heterocycles. The van der Waals surface area contributed by atoms with E-state index < -0.39 is 0 Å². The molecule has 0 fully saturated rings. The second-order valence-corrected chi connectivity index (χ2v) is 4.15. The molecule has 1 atom stereocenters. The first-order valence-corrected chi connectivity index (χ1v) is 5.60. The molecule has 0 aromatic heterocycles. The summed E-state index contributed by atoms with van der Waals surface area (Å²) in [6, 6.07) is 3.90. The van der Waals surface area contributed by atoms with Gasteiger partial charge >= 0.3 is 0 Å². The number of hydrogen-bond donors (Lipinski definition) is 0. The summed E-state index contributed by atoms with van der Waals surface area (Å²) in [5.41, 5.74) is 2.79. The largest absolute Gasteiger partial charge is 0.378 e. The van der Waals surface area contributed by atoms with Crippen molar-refractivity contribution in [3.8, 4) is 0 Å². The van der Waals surface area contributed by atoms with E-state index in [2.05, 4.69) is 0 Å². The first kappa shape index (κ1) is 10.6. The van der Waals surface area contributed by atoms with Gasteiger partial charge in [0.2, 0.25) is 0 Å². The monoisotopic (exact) mass is 208 g/mol. The molecule has 82 valence electrons. The summed E-state index contributed by atoms with van der Waals surface area (Å²) in [4.78, 5) is 0. The highest BCUT2D eigenvalue weighted by Gasteiger charge is 2.21. The Morgan fingerprint density at radius 2 is 2.27 bits per heavy atom. The van der Waals surface area contributed by atoms with Crippen molar-refractivity contribution in [1.82, 2.24) is 0 Å². The third-order valence-corrected chi connectivity index (χ3v) is 3.10. The maximum absolute atomic E-state index is 13.8. The second kappa shape index (κ2) is 4.31. The first-order valence-electron chi connectivity index (χ1n) is 5.60. The lowest BCUT2D eigenvalue weighted by atomic mass is 9.88. The fourth-order valence-electron chi connectivity index (χ4n) is 2.27. The molecule has 1 unspecified atom stereocenters. The molecular weight excluding hydrogens is 191 g/mol. The Morgan fingerprint density at radius 1 is 1.47 bits per heavy atom. The van der Waals surface area contributed by atoms with Gasteiger partial charge in [0.15, 0.2) is 0 Å². The van der Waals surface area contributed by atoms with Gasteiger partial charge in [0, 0.05) is 6.61 Å². The predicted molar refractivity (Wildman–Crippen MR) is 58.6 cm³/mol. The molecule has 2 rings (SSSR count). The standard InChI is InChI=1S/C13H17FO/c1-3-15-11-6-7-12-10(8-11)5-4-9(2)13(12)14/h4-5,11H,3,6-8H2,1-2H3. The van der Waals surface area contributed by atoms with Crippen molar-refractivity contribution in [1.29, 1.82) is 0 Å². The van der Waals surface area contributed by atoms with Crippen molar-refractivity contribution in [2.24, 2.45) is 0 Å². The van der Waals surface area contributed by atoms with Crippen LogP contribution in [0, 0.1) is 12.7 Å². The molecule has 0 N–H and O–H groups in total. The molecule has 0 saturated carbocycles. The molecule has 1 nitrogen and oxygen atoms in total. The van der Waals surface area contributed by atoms with E-state index >= 15 is 0 Å². The van der Waals surface area contributed by atoms with Crippen molar-refractivity contribution < 1.29 is 9.13 Å². The zero-order valence-corrected chi connectivity index (χ0v) is 9.35. The minimum absolute atomic E-state index is 0.0116. The first-order chi connectivity index (χ1) is 7.22. The van der Waals surface area contributed by atoms with Gasteiger partial charge in [-0.05, 0) is 49.8 Å². The molecule has 2 heteroatoms. The molecule has 0 bridgehead atoms. The van der Waals surface area contributed by atoms with Gasteiger partial charge < -0.3 is 4.74 Å². The molecule has 0 aliphatic heterocycles. The fraction of sp³-hybridized carbons (Fsp3) is 0.538. The molecule has 15 heavy (non-hydrogen) atoms. The average Bonchev–Trinajstić information content (AvgIpc) is 2.24. The summed E-state index contributed by atoms with van der Waals surface area (Å²) in [7, 11) is 0. The Morgan fingerprint density at radius 3 is 3.00 bits per heavy atom. The SMILES string of the molecule is CCOC1CCc2c(ccc(C)c2F)C1. The van der Waals surface area contributed by atoms with Gasteiger partial charge in [-0.1, -0.05) is 12.1 Å². The van der Waals surface area contributed by atoms with Crippen molar-refractivity contribution >= 4 is 0 Å². The number of rotatable bonds is 2.